The Morgan fingerprint density at radius 3 is 1.70 bits per heavy atom. The van der Waals surface area contributed by atoms with E-state index in [-0.39, 0.29) is 10.1 Å². The van der Waals surface area contributed by atoms with Crippen LogP contribution in [-0.2, 0) is 19.7 Å². The summed E-state index contributed by atoms with van der Waals surface area (Å²) in [6.45, 7) is 0. The topological polar surface area (TPSA) is 94.1 Å². The molecule has 0 fully saturated rings. The maximum atomic E-state index is 11.0. The minimum Gasteiger partial charge on any atom is -0.245 e. The Balaban J connectivity index is 0.000000381. The van der Waals surface area contributed by atoms with Crippen LogP contribution in [0.3, 0.4) is 0 Å². The predicted molar refractivity (Wildman–Crippen MR) is 100 cm³/mol. The van der Waals surface area contributed by atoms with Crippen molar-refractivity contribution in [1.29, 1.82) is 0 Å². The van der Waals surface area contributed by atoms with E-state index in [0.717, 1.165) is 12.5 Å². The third-order valence-electron chi connectivity index (χ3n) is 2.09. The molecule has 0 saturated heterocycles. The Kier molecular flexibility index (Phi) is 10.3. The Bertz CT molecular complexity index is 813. The molecule has 11 heteroatoms. The van der Waals surface area contributed by atoms with E-state index in [1.165, 1.54) is 18.5 Å². The number of hydrogen-bond acceptors (Lipinski definition) is 6. The second-order valence-corrected chi connectivity index (χ2v) is 8.75. The molecule has 6 nitrogen and oxygen atoms in total. The molecule has 0 bridgehead atoms. The molecule has 0 unspecified atom stereocenters. The molecule has 0 aromatic carbocycles. The van der Waals surface area contributed by atoms with Crippen LogP contribution in [0.15, 0.2) is 57.3 Å². The maximum absolute atomic E-state index is 11.0. The normalized spacial score (nSPS) is 10.7. The first kappa shape index (κ1) is 22.6. The molecule has 2 heterocycles. The first-order valence-electron chi connectivity index (χ1n) is 5.68. The van der Waals surface area contributed by atoms with Crippen molar-refractivity contribution >= 4 is 63.9 Å². The predicted octanol–water partition coefficient (Wildman–Crippen LogP) is 3.42. The van der Waals surface area contributed by atoms with Crippen molar-refractivity contribution in [1.82, 2.24) is 9.97 Å². The van der Waals surface area contributed by atoms with E-state index in [1.807, 2.05) is 0 Å². The summed E-state index contributed by atoms with van der Waals surface area (Å²) in [4.78, 5) is 7.38. The molecule has 0 amide bonds. The average molecular weight is 553 g/mol. The van der Waals surface area contributed by atoms with Gasteiger partial charge in [-0.2, -0.15) is 0 Å². The summed E-state index contributed by atoms with van der Waals surface area (Å²) in [7, 11) is -6.31. The minimum atomic E-state index is -3.19. The molecule has 0 atom stereocenters. The number of rotatable bonds is 2. The van der Waals surface area contributed by atoms with Gasteiger partial charge < -0.3 is 0 Å². The van der Waals surface area contributed by atoms with Crippen LogP contribution in [0, 0.1) is 0 Å². The molecule has 0 saturated carbocycles. The quantitative estimate of drug-likeness (QED) is 0.567. The zero-order chi connectivity index (χ0) is 18.1. The molecule has 0 spiro atoms. The highest BCUT2D eigenvalue weighted by molar-refractivity contribution is 9.93. The van der Waals surface area contributed by atoms with E-state index in [1.54, 1.807) is 24.3 Å². The number of nitrogens with zero attached hydrogens (tertiary/aromatic N) is 2. The van der Waals surface area contributed by atoms with Gasteiger partial charge in [-0.15, -0.1) is 0 Å². The second kappa shape index (κ2) is 10.5. The fourth-order valence-electron chi connectivity index (χ4n) is 1.21. The van der Waals surface area contributed by atoms with E-state index < -0.39 is 19.7 Å². The van der Waals surface area contributed by atoms with Gasteiger partial charge >= 0.3 is 0 Å². The molecule has 0 N–H and O–H groups in total. The largest absolute Gasteiger partial charge is 0.245 e. The molecule has 0 aliphatic heterocycles. The van der Waals surface area contributed by atoms with Gasteiger partial charge in [0.15, 0.2) is 29.7 Å². The van der Waals surface area contributed by atoms with Gasteiger partial charge in [-0.05, 0) is 40.2 Å². The zero-order valence-corrected chi connectivity index (χ0v) is 18.4. The average Bonchev–Trinajstić information content (AvgIpc) is 2.49. The van der Waals surface area contributed by atoms with Gasteiger partial charge in [-0.25, -0.2) is 26.8 Å². The fraction of sp³-hybridized carbons (Fsp3) is 0.167. The van der Waals surface area contributed by atoms with Crippen LogP contribution in [0.25, 0.3) is 0 Å². The van der Waals surface area contributed by atoms with E-state index in [0.29, 0.717) is 4.47 Å². The van der Waals surface area contributed by atoms with Crippen LogP contribution in [0.2, 0.25) is 0 Å². The van der Waals surface area contributed by atoms with E-state index in [9.17, 15) is 16.8 Å². The summed E-state index contributed by atoms with van der Waals surface area (Å²) in [5.41, 5.74) is 0. The van der Waals surface area contributed by atoms with Gasteiger partial charge in [0, 0.05) is 53.2 Å². The summed E-state index contributed by atoms with van der Waals surface area (Å²) in [5, 5.41) is 0.204. The highest BCUT2D eigenvalue weighted by Gasteiger charge is 2.11. The van der Waals surface area contributed by atoms with Crippen LogP contribution in [0.1, 0.15) is 0 Å². The standard InChI is InChI=1S/C6H6BrNO2S.C6H7NO2S.Br2/c1-11(9,10)6-5(7)3-2-4-8-6;1-10(8,9)6-4-2-3-5-7-6;1-2/h2-4H,1H3;2-5H,1H3;. The van der Waals surface area contributed by atoms with Gasteiger partial charge in [0.25, 0.3) is 0 Å². The lowest BCUT2D eigenvalue weighted by Crippen LogP contribution is -2.00. The Hall–Kier alpha value is -0.360. The highest BCUT2D eigenvalue weighted by atomic mass is 80.9. The van der Waals surface area contributed by atoms with Crippen LogP contribution in [0.5, 0.6) is 0 Å². The van der Waals surface area contributed by atoms with Crippen molar-refractivity contribution in [2.24, 2.45) is 0 Å². The molecular weight excluding hydrogens is 540 g/mol. The van der Waals surface area contributed by atoms with E-state index in [2.05, 4.69) is 54.2 Å². The van der Waals surface area contributed by atoms with Gasteiger partial charge in [-0.3, -0.25) is 0 Å². The maximum Gasteiger partial charge on any atom is 0.193 e. The number of halogens is 3. The molecule has 23 heavy (non-hydrogen) atoms. The Morgan fingerprint density at radius 2 is 1.39 bits per heavy atom. The van der Waals surface area contributed by atoms with Gasteiger partial charge in [0.1, 0.15) is 0 Å². The molecule has 2 aromatic rings. The molecular formula is C12H13Br3N2O4S2. The number of sulfone groups is 2. The Morgan fingerprint density at radius 1 is 0.826 bits per heavy atom. The monoisotopic (exact) mass is 550 g/mol. The summed E-state index contributed by atoms with van der Waals surface area (Å²) >= 11 is 8.59. The molecule has 0 radical (unpaired) electrons. The minimum absolute atomic E-state index is 0.0833. The number of pyridine rings is 2. The molecule has 2 rings (SSSR count). The van der Waals surface area contributed by atoms with Crippen molar-refractivity contribution < 1.29 is 16.8 Å². The van der Waals surface area contributed by atoms with Crippen LogP contribution >= 0.6 is 44.2 Å². The van der Waals surface area contributed by atoms with Crippen molar-refractivity contribution in [2.45, 2.75) is 10.1 Å². The van der Waals surface area contributed by atoms with Gasteiger partial charge in [0.05, 0.1) is 4.47 Å². The lowest BCUT2D eigenvalue weighted by molar-refractivity contribution is 0.596. The van der Waals surface area contributed by atoms with Crippen LogP contribution in [0.4, 0.5) is 0 Å². The molecule has 0 aliphatic rings. The fourth-order valence-corrected chi connectivity index (χ4v) is 3.60. The summed E-state index contributed by atoms with van der Waals surface area (Å²) in [6.07, 6.45) is 5.16. The molecule has 2 aromatic heterocycles. The van der Waals surface area contributed by atoms with Crippen LogP contribution < -0.4 is 0 Å². The summed E-state index contributed by atoms with van der Waals surface area (Å²) in [5.74, 6) is 0. The van der Waals surface area contributed by atoms with Crippen LogP contribution in [-0.4, -0.2) is 39.3 Å². The molecule has 0 aliphatic carbocycles. The number of hydrogen-bond donors (Lipinski definition) is 0. The van der Waals surface area contributed by atoms with Crippen molar-refractivity contribution in [3.63, 3.8) is 0 Å². The SMILES string of the molecule is BrBr.CS(=O)(=O)c1ccccn1.CS(=O)(=O)c1ncccc1Br. The number of aromatic nitrogens is 2. The highest BCUT2D eigenvalue weighted by Crippen LogP contribution is 2.17. The summed E-state index contributed by atoms with van der Waals surface area (Å²) < 4.78 is 44.0. The first-order chi connectivity index (χ1) is 10.6. The van der Waals surface area contributed by atoms with Gasteiger partial charge in [0.2, 0.25) is 0 Å². The Labute approximate surface area is 159 Å². The van der Waals surface area contributed by atoms with Crippen molar-refractivity contribution in [3.05, 3.63) is 47.2 Å². The van der Waals surface area contributed by atoms with Gasteiger partial charge in [-0.1, -0.05) is 6.07 Å². The second-order valence-electron chi connectivity index (χ2n) is 4.00. The zero-order valence-electron chi connectivity index (χ0n) is 12.0. The first-order valence-corrected chi connectivity index (χ1v) is 14.0. The lowest BCUT2D eigenvalue weighted by Gasteiger charge is -1.97. The van der Waals surface area contributed by atoms with Crippen molar-refractivity contribution in [3.8, 4) is 0 Å². The third kappa shape index (κ3) is 8.89. The van der Waals surface area contributed by atoms with Crippen molar-refractivity contribution in [2.75, 3.05) is 12.5 Å². The van der Waals surface area contributed by atoms with E-state index >= 15 is 0 Å². The summed E-state index contributed by atoms with van der Waals surface area (Å²) in [6, 6.07) is 8.09. The van der Waals surface area contributed by atoms with E-state index in [4.69, 9.17) is 0 Å². The smallest absolute Gasteiger partial charge is 0.193 e. The lowest BCUT2D eigenvalue weighted by atomic mass is 10.5. The third-order valence-corrected chi connectivity index (χ3v) is 5.02. The molecule has 128 valence electrons.